The van der Waals surface area contributed by atoms with Gasteiger partial charge in [-0.2, -0.15) is 0 Å². The molecule has 0 aliphatic rings. The molecule has 0 bridgehead atoms. The van der Waals surface area contributed by atoms with E-state index in [9.17, 15) is 13.6 Å². The molecule has 3 nitrogen and oxygen atoms in total. The summed E-state index contributed by atoms with van der Waals surface area (Å²) in [7, 11) is 0. The van der Waals surface area contributed by atoms with Crippen molar-refractivity contribution in [1.82, 2.24) is 5.32 Å². The molecule has 1 amide bonds. The van der Waals surface area contributed by atoms with Crippen LogP contribution in [0, 0.1) is 11.6 Å². The number of carbonyl (C=O) groups is 1. The molecular weight excluding hydrogens is 388 g/mol. The molecule has 106 valence electrons. The first-order valence-corrected chi connectivity index (χ1v) is 7.54. The molecule has 0 aliphatic heterocycles. The maximum Gasteiger partial charge on any atom is 0.257 e. The van der Waals surface area contributed by atoms with Crippen LogP contribution in [0.25, 0.3) is 0 Å². The molecule has 0 saturated heterocycles. The third-order valence-corrected chi connectivity index (χ3v) is 2.99. The quantitative estimate of drug-likeness (QED) is 0.563. The molecule has 1 aromatic carbocycles. The summed E-state index contributed by atoms with van der Waals surface area (Å²) in [5.41, 5.74) is -0.565. The second-order valence-electron chi connectivity index (χ2n) is 3.66. The molecule has 1 N–H and O–H groups in total. The van der Waals surface area contributed by atoms with Gasteiger partial charge in [-0.25, -0.2) is 8.78 Å². The number of benzene rings is 1. The van der Waals surface area contributed by atoms with Crippen molar-refractivity contribution in [3.05, 3.63) is 33.8 Å². The van der Waals surface area contributed by atoms with Crippen LogP contribution in [-0.4, -0.2) is 31.0 Å². The second kappa shape index (κ2) is 8.60. The zero-order valence-electron chi connectivity index (χ0n) is 10.0. The van der Waals surface area contributed by atoms with Gasteiger partial charge in [-0.05, 0) is 18.6 Å². The van der Waals surface area contributed by atoms with Crippen molar-refractivity contribution in [3.63, 3.8) is 0 Å². The van der Waals surface area contributed by atoms with Crippen molar-refractivity contribution in [2.24, 2.45) is 0 Å². The standard InChI is InChI=1S/C12H13Br2F2NO2/c13-2-5-19-4-1-3-17-12(18)11-9(15)6-8(14)7-10(11)16/h6-7H,1-5H2,(H,17,18). The lowest BCUT2D eigenvalue weighted by Gasteiger charge is -2.07. The first kappa shape index (κ1) is 16.5. The number of alkyl halides is 1. The lowest BCUT2D eigenvalue weighted by Crippen LogP contribution is -2.27. The molecule has 1 rings (SSSR count). The van der Waals surface area contributed by atoms with Crippen LogP contribution < -0.4 is 5.32 Å². The number of hydrogen-bond donors (Lipinski definition) is 1. The van der Waals surface area contributed by atoms with Gasteiger partial charge in [0.05, 0.1) is 6.61 Å². The van der Waals surface area contributed by atoms with Gasteiger partial charge in [0.25, 0.3) is 5.91 Å². The van der Waals surface area contributed by atoms with Crippen molar-refractivity contribution in [2.75, 3.05) is 25.1 Å². The number of halogens is 4. The Morgan fingerprint density at radius 1 is 1.26 bits per heavy atom. The Kier molecular flexibility index (Phi) is 7.48. The van der Waals surface area contributed by atoms with Gasteiger partial charge in [-0.15, -0.1) is 0 Å². The van der Waals surface area contributed by atoms with Crippen molar-refractivity contribution in [2.45, 2.75) is 6.42 Å². The van der Waals surface area contributed by atoms with Crippen LogP contribution in [0.5, 0.6) is 0 Å². The van der Waals surface area contributed by atoms with Gasteiger partial charge in [0.1, 0.15) is 17.2 Å². The molecule has 0 fully saturated rings. The normalized spacial score (nSPS) is 10.5. The van der Waals surface area contributed by atoms with Crippen molar-refractivity contribution < 1.29 is 18.3 Å². The maximum absolute atomic E-state index is 13.5. The van der Waals surface area contributed by atoms with Crippen LogP contribution in [0.15, 0.2) is 16.6 Å². The number of rotatable bonds is 7. The van der Waals surface area contributed by atoms with Gasteiger partial charge in [0.15, 0.2) is 0 Å². The van der Waals surface area contributed by atoms with Crippen molar-refractivity contribution >= 4 is 37.8 Å². The lowest BCUT2D eigenvalue weighted by molar-refractivity contribution is 0.0936. The van der Waals surface area contributed by atoms with Crippen LogP contribution in [0.4, 0.5) is 8.78 Å². The Morgan fingerprint density at radius 3 is 2.47 bits per heavy atom. The van der Waals surface area contributed by atoms with Crippen molar-refractivity contribution in [3.8, 4) is 0 Å². The first-order chi connectivity index (χ1) is 9.06. The molecule has 1 aromatic rings. The number of ether oxygens (including phenoxy) is 1. The highest BCUT2D eigenvalue weighted by molar-refractivity contribution is 9.10. The summed E-state index contributed by atoms with van der Waals surface area (Å²) in [4.78, 5) is 11.6. The predicted octanol–water partition coefficient (Wildman–Crippen LogP) is 3.26. The molecule has 7 heteroatoms. The zero-order valence-corrected chi connectivity index (χ0v) is 13.2. The van der Waals surface area contributed by atoms with Gasteiger partial charge in [0, 0.05) is 23.0 Å². The molecule has 0 heterocycles. The predicted molar refractivity (Wildman–Crippen MR) is 75.6 cm³/mol. The lowest BCUT2D eigenvalue weighted by atomic mass is 10.2. The minimum absolute atomic E-state index is 0.252. The highest BCUT2D eigenvalue weighted by Crippen LogP contribution is 2.19. The molecular formula is C12H13Br2F2NO2. The minimum atomic E-state index is -0.889. The molecule has 0 aliphatic carbocycles. The smallest absolute Gasteiger partial charge is 0.257 e. The Hall–Kier alpha value is -0.530. The van der Waals surface area contributed by atoms with E-state index in [1.165, 1.54) is 0 Å². The highest BCUT2D eigenvalue weighted by atomic mass is 79.9. The first-order valence-electron chi connectivity index (χ1n) is 5.62. The van der Waals surface area contributed by atoms with Crippen LogP contribution in [0.3, 0.4) is 0 Å². The fourth-order valence-corrected chi connectivity index (χ4v) is 2.01. The Balaban J connectivity index is 2.46. The number of amides is 1. The molecule has 0 atom stereocenters. The summed E-state index contributed by atoms with van der Waals surface area (Å²) in [6, 6.07) is 2.11. The van der Waals surface area contributed by atoms with E-state index < -0.39 is 23.1 Å². The van der Waals surface area contributed by atoms with Gasteiger partial charge < -0.3 is 10.1 Å². The molecule has 0 spiro atoms. The average molecular weight is 401 g/mol. The van der Waals surface area contributed by atoms with Crippen LogP contribution in [-0.2, 0) is 4.74 Å². The van der Waals surface area contributed by atoms with Crippen LogP contribution in [0.2, 0.25) is 0 Å². The Labute approximate surface area is 127 Å². The van der Waals surface area contributed by atoms with Gasteiger partial charge >= 0.3 is 0 Å². The summed E-state index contributed by atoms with van der Waals surface area (Å²) in [6.07, 6.45) is 0.582. The third-order valence-electron chi connectivity index (χ3n) is 2.21. The molecule has 0 aromatic heterocycles. The minimum Gasteiger partial charge on any atom is -0.381 e. The maximum atomic E-state index is 13.5. The van der Waals surface area contributed by atoms with E-state index in [4.69, 9.17) is 4.74 Å². The third kappa shape index (κ3) is 5.54. The van der Waals surface area contributed by atoms with Crippen LogP contribution >= 0.6 is 31.9 Å². The molecule has 0 radical (unpaired) electrons. The monoisotopic (exact) mass is 399 g/mol. The number of carbonyl (C=O) groups excluding carboxylic acids is 1. The molecule has 0 saturated carbocycles. The van der Waals surface area contributed by atoms with Gasteiger partial charge in [-0.3, -0.25) is 4.79 Å². The van der Waals surface area contributed by atoms with E-state index in [1.54, 1.807) is 0 Å². The van der Waals surface area contributed by atoms with E-state index in [0.29, 0.717) is 26.2 Å². The number of hydrogen-bond acceptors (Lipinski definition) is 2. The molecule has 0 unspecified atom stereocenters. The van der Waals surface area contributed by atoms with Gasteiger partial charge in [-0.1, -0.05) is 31.9 Å². The summed E-state index contributed by atoms with van der Waals surface area (Å²) in [5, 5.41) is 3.20. The SMILES string of the molecule is O=C(NCCCOCCBr)c1c(F)cc(Br)cc1F. The van der Waals surface area contributed by atoms with E-state index in [2.05, 4.69) is 37.2 Å². The molecule has 19 heavy (non-hydrogen) atoms. The fourth-order valence-electron chi connectivity index (χ4n) is 1.38. The summed E-state index contributed by atoms with van der Waals surface area (Å²) in [5.74, 6) is -2.54. The number of nitrogens with one attached hydrogen (secondary N) is 1. The van der Waals surface area contributed by atoms with E-state index in [-0.39, 0.29) is 4.47 Å². The summed E-state index contributed by atoms with van der Waals surface area (Å²) >= 11 is 6.16. The Bertz CT molecular complexity index is 421. The van der Waals surface area contributed by atoms with Crippen molar-refractivity contribution in [1.29, 1.82) is 0 Å². The second-order valence-corrected chi connectivity index (χ2v) is 5.36. The summed E-state index contributed by atoms with van der Waals surface area (Å²) in [6.45, 7) is 1.37. The van der Waals surface area contributed by atoms with E-state index in [1.807, 2.05) is 0 Å². The van der Waals surface area contributed by atoms with E-state index in [0.717, 1.165) is 17.5 Å². The van der Waals surface area contributed by atoms with Gasteiger partial charge in [0.2, 0.25) is 0 Å². The fraction of sp³-hybridized carbons (Fsp3) is 0.417. The highest BCUT2D eigenvalue weighted by Gasteiger charge is 2.17. The zero-order chi connectivity index (χ0) is 14.3. The Morgan fingerprint density at radius 2 is 1.89 bits per heavy atom. The van der Waals surface area contributed by atoms with E-state index >= 15 is 0 Å². The largest absolute Gasteiger partial charge is 0.381 e. The summed E-state index contributed by atoms with van der Waals surface area (Å²) < 4.78 is 32.4. The topological polar surface area (TPSA) is 38.3 Å². The average Bonchev–Trinajstić information content (AvgIpc) is 2.32. The van der Waals surface area contributed by atoms with Crippen LogP contribution in [0.1, 0.15) is 16.8 Å².